The molecule has 0 radical (unpaired) electrons. The first-order valence-corrected chi connectivity index (χ1v) is 46.2. The minimum atomic E-state index is -3.13. The predicted molar refractivity (Wildman–Crippen MR) is 468 cm³/mol. The van der Waals surface area contributed by atoms with Crippen LogP contribution in [0.3, 0.4) is 0 Å². The predicted octanol–water partition coefficient (Wildman–Crippen LogP) is 8.26. The fourth-order valence-electron chi connectivity index (χ4n) is 20.4. The molecule has 138 heavy (non-hydrogen) atoms. The minimum Gasteiger partial charge on any atom is -0.502 e. The van der Waals surface area contributed by atoms with Gasteiger partial charge in [-0.05, 0) is 157 Å². The van der Waals surface area contributed by atoms with Gasteiger partial charge in [-0.3, -0.25) is 14.4 Å². The van der Waals surface area contributed by atoms with Crippen molar-refractivity contribution >= 4 is 51.9 Å². The van der Waals surface area contributed by atoms with E-state index in [1.807, 2.05) is 52.5 Å². The van der Waals surface area contributed by atoms with Gasteiger partial charge in [-0.2, -0.15) is 0 Å². The molecule has 0 saturated carbocycles. The number of aliphatic hydroxyl groups is 6. The van der Waals surface area contributed by atoms with E-state index in [2.05, 4.69) is 0 Å². The highest BCUT2D eigenvalue weighted by atomic mass is 32.1. The number of esters is 3. The molecule has 0 bridgehead atoms. The zero-order chi connectivity index (χ0) is 105. The van der Waals surface area contributed by atoms with Crippen molar-refractivity contribution in [2.45, 2.75) is 147 Å². The molecule has 0 unspecified atom stereocenters. The van der Waals surface area contributed by atoms with Gasteiger partial charge in [-0.25, -0.2) is 0 Å². The van der Waals surface area contributed by atoms with Crippen LogP contribution in [-0.2, 0) is 85.4 Å². The lowest BCUT2D eigenvalue weighted by Gasteiger charge is -2.48. The van der Waals surface area contributed by atoms with Crippen molar-refractivity contribution in [2.24, 2.45) is 35.5 Å². The summed E-state index contributed by atoms with van der Waals surface area (Å²) in [6.45, 7) is -5.85. The number of ether oxygens (including phenoxy) is 27. The van der Waals surface area contributed by atoms with E-state index >= 15 is 0 Å². The summed E-state index contributed by atoms with van der Waals surface area (Å²) < 4.78 is 256. The number of benzene rings is 6. The second-order valence-corrected chi connectivity index (χ2v) is 37.2. The number of carbonyl (C=O) groups is 3. The number of thiophene rings is 3. The van der Waals surface area contributed by atoms with Crippen molar-refractivity contribution in [1.82, 2.24) is 0 Å². The van der Waals surface area contributed by atoms with E-state index in [4.69, 9.17) is 142 Å². The number of hydrogen-bond acceptors (Lipinski definition) is 42. The third-order valence-corrected chi connectivity index (χ3v) is 29.6. The van der Waals surface area contributed by atoms with Crippen LogP contribution in [0.25, 0.3) is 0 Å². The molecular formula is C96H96O39S3. The van der Waals surface area contributed by atoms with Crippen molar-refractivity contribution in [1.29, 1.82) is 0 Å². The lowest BCUT2D eigenvalue weighted by molar-refractivity contribution is -0.368. The monoisotopic (exact) mass is 1980 g/mol. The van der Waals surface area contributed by atoms with Gasteiger partial charge in [0, 0.05) is 38.2 Å². The molecule has 3 aliphatic carbocycles. The van der Waals surface area contributed by atoms with E-state index in [-0.39, 0.29) is 138 Å². The number of methoxy groups -OCH3 is 6. The molecule has 732 valence electrons. The van der Waals surface area contributed by atoms with Crippen molar-refractivity contribution in [3.05, 3.63) is 190 Å². The Kier molecular flexibility index (Phi) is 21.5. The molecule has 3 aromatic heterocycles. The van der Waals surface area contributed by atoms with Crippen LogP contribution in [0, 0.1) is 35.5 Å². The third kappa shape index (κ3) is 16.1. The lowest BCUT2D eigenvalue weighted by Crippen LogP contribution is -2.62. The van der Waals surface area contributed by atoms with E-state index in [0.717, 1.165) is 26.8 Å². The summed E-state index contributed by atoms with van der Waals surface area (Å²) in [6, 6.07) is 28.2. The molecule has 15 aliphatic rings. The van der Waals surface area contributed by atoms with Crippen LogP contribution in [0.4, 0.5) is 0 Å². The number of rotatable bonds is 18. The number of phenolic OH excluding ortho intramolecular Hbond substituents is 3. The van der Waals surface area contributed by atoms with Crippen LogP contribution >= 0.6 is 34.0 Å². The first kappa shape index (κ1) is 78.9. The largest absolute Gasteiger partial charge is 0.502 e. The fourth-order valence-corrected chi connectivity index (χ4v) is 22.5. The Balaban J connectivity index is 0.000000127. The number of carbonyl (C=O) groups excluding carboxylic acids is 3. The molecule has 12 aliphatic heterocycles. The first-order valence-electron chi connectivity index (χ1n) is 49.6. The Hall–Kier alpha value is -10.9. The highest BCUT2D eigenvalue weighted by molar-refractivity contribution is 7.10. The maximum Gasteiger partial charge on any atom is 0.310 e. The van der Waals surface area contributed by atoms with E-state index in [0.29, 0.717) is 28.2 Å². The Morgan fingerprint density at radius 1 is 0.355 bits per heavy atom. The number of cyclic esters (lactones) is 3. The molecule has 39 nitrogen and oxygen atoms in total. The second kappa shape index (κ2) is 37.6. The smallest absolute Gasteiger partial charge is 0.310 e. The molecule has 9 saturated heterocycles. The number of aromatic hydroxyl groups is 3. The van der Waals surface area contributed by atoms with Crippen LogP contribution in [0.15, 0.2) is 125 Å². The Morgan fingerprint density at radius 2 is 0.667 bits per heavy atom. The van der Waals surface area contributed by atoms with Crippen molar-refractivity contribution < 1.29 is 205 Å². The highest BCUT2D eigenvalue weighted by Gasteiger charge is 2.62. The Labute approximate surface area is 814 Å². The minimum absolute atomic E-state index is 0.00829. The zero-order valence-electron chi connectivity index (χ0n) is 84.7. The maximum absolute atomic E-state index is 13.7. The van der Waals surface area contributed by atoms with Gasteiger partial charge in [0.05, 0.1) is 146 Å². The van der Waals surface area contributed by atoms with Crippen LogP contribution < -0.4 is 56.8 Å². The van der Waals surface area contributed by atoms with Crippen LogP contribution in [0.1, 0.15) is 136 Å². The summed E-state index contributed by atoms with van der Waals surface area (Å²) in [7, 11) is -0.877. The van der Waals surface area contributed by atoms with Gasteiger partial charge in [0.25, 0.3) is 0 Å². The van der Waals surface area contributed by atoms with Gasteiger partial charge in [0.2, 0.25) is 37.6 Å². The molecule has 15 heterocycles. The molecule has 0 amide bonds. The molecule has 9 N–H and O–H groups in total. The van der Waals surface area contributed by atoms with Gasteiger partial charge >= 0.3 is 17.9 Å². The average Bonchev–Trinajstić information content (AvgIpc) is 1.47. The molecule has 9 fully saturated rings. The zero-order valence-corrected chi connectivity index (χ0v) is 75.2. The molecule has 6 aromatic carbocycles. The fraction of sp³-hybridized carbons (Fsp3) is 0.469. The van der Waals surface area contributed by atoms with E-state index in [1.54, 1.807) is 24.3 Å². The molecule has 24 rings (SSSR count). The average molecular weight is 1980 g/mol. The van der Waals surface area contributed by atoms with Gasteiger partial charge in [-0.1, -0.05) is 18.2 Å². The SMILES string of the molecule is [2H]C([2H])([2H])Oc1cc([C@]2([2H])c3cc4c(cc3[C@@H](O[C@@H]3O[C@@H]5CO[C@@H](c6cccs6)O[C@H]5[C@H](O)[C@H]3O)[C@H]3COC(=O)[C@@H]32)OCO4)cc(OC([2H])([2H])[2H])c1O.[2H]C1([2H])OC(=O)[C@@H]2[C@H](c3cc(OC)c(O)c(OC)c3)c3cc4c(cc3[C@@H](O[C@@H]3O[C@@H]5CO[C@@H](c6cccs6)O[C@H]5[C@H](O)[C@H]3O)[C@H]21)OCO4.[2H]C1([2H])OC(=O)[C@H]2[C@H]1[C@H](O[C@@H]1O[C@@H]3CO[C@@H](c4cccs4)O[C@H]3[C@H](O)[C@H]1O)c1cc3c(cc1[C@@]2([2H])c1cc(OC)c(O)c(OC)c1)OCO3. The molecular weight excluding hydrogens is 1870 g/mol. The summed E-state index contributed by atoms with van der Waals surface area (Å²) >= 11 is 4.24. The van der Waals surface area contributed by atoms with Gasteiger partial charge < -0.3 is 174 Å². The Morgan fingerprint density at radius 3 is 1.02 bits per heavy atom. The van der Waals surface area contributed by atoms with Crippen molar-refractivity contribution in [3.8, 4) is 86.2 Å². The lowest BCUT2D eigenvalue weighted by atomic mass is 9.66. The van der Waals surface area contributed by atoms with Crippen LogP contribution in [-0.4, -0.2) is 258 Å². The number of phenols is 3. The second-order valence-electron chi connectivity index (χ2n) is 34.2. The summed E-state index contributed by atoms with van der Waals surface area (Å²) in [5.41, 5.74) is 2.00. The number of aliphatic hydroxyl groups excluding tert-OH is 6. The standard InChI is InChI=1S/3C32H32O13S/c3*1-37-19-6-13(7-20(38-2)25(19)33)23-14-8-17-18(42-12-41-17)9-15(14)28(16-10-39-30(36)24(16)23)44-32-27(35)26(34)29-21(43-32)11-40-31(45-29)22-4-3-5-46-22/h3*3-9,16,21,23-24,26-29,31-35H,10-12H2,1-2H3/t3*16-,21+,23+,24-,26+,27+,28+,29+,31+,32-/m000/s1/i1D3,2D3,23D;10D2,23D;10D2. The number of hydrogen-bond donors (Lipinski definition) is 9. The maximum atomic E-state index is 13.7. The topological polar surface area (TPSA) is 482 Å². The van der Waals surface area contributed by atoms with E-state index in [1.165, 1.54) is 98.8 Å². The summed E-state index contributed by atoms with van der Waals surface area (Å²) in [6.07, 6.45) is -25.4. The Bertz CT molecular complexity index is 6520. The van der Waals surface area contributed by atoms with Gasteiger partial charge in [0.15, 0.2) is 107 Å². The summed E-state index contributed by atoms with van der Waals surface area (Å²) in [5.74, 6) is -17.0. The first-order chi connectivity index (χ1) is 71.6. The normalized spacial score (nSPS) is 37.6. The quantitative estimate of drug-likeness (QED) is 0.0288. The summed E-state index contributed by atoms with van der Waals surface area (Å²) in [5, 5.41) is 105. The molecule has 42 heteroatoms. The van der Waals surface area contributed by atoms with Crippen LogP contribution in [0.5, 0.6) is 86.2 Å². The van der Waals surface area contributed by atoms with Crippen LogP contribution in [0.2, 0.25) is 0 Å². The van der Waals surface area contributed by atoms with E-state index < -0.39 is 245 Å². The van der Waals surface area contributed by atoms with Crippen molar-refractivity contribution in [3.63, 3.8) is 0 Å². The highest BCUT2D eigenvalue weighted by Crippen LogP contribution is 2.63. The third-order valence-electron chi connectivity index (χ3n) is 26.9. The van der Waals surface area contributed by atoms with Crippen molar-refractivity contribution in [2.75, 3.05) is 102 Å². The molecule has 9 aromatic rings. The van der Waals surface area contributed by atoms with E-state index in [9.17, 15) is 63.1 Å². The summed E-state index contributed by atoms with van der Waals surface area (Å²) in [4.78, 5) is 43.4. The van der Waals surface area contributed by atoms with Gasteiger partial charge in [-0.15, -0.1) is 34.0 Å². The molecule has 30 atom stereocenters. The van der Waals surface area contributed by atoms with Gasteiger partial charge in [0.1, 0.15) is 73.2 Å². The number of fused-ring (bicyclic) bond motifs is 12. The molecule has 0 spiro atoms.